The van der Waals surface area contributed by atoms with Crippen molar-refractivity contribution >= 4 is 11.7 Å². The third kappa shape index (κ3) is 1.00. The summed E-state index contributed by atoms with van der Waals surface area (Å²) in [5.41, 5.74) is 0. The van der Waals surface area contributed by atoms with Gasteiger partial charge in [0.25, 0.3) is 0 Å². The second-order valence-electron chi connectivity index (χ2n) is 3.36. The fraction of sp³-hybridized carbons (Fsp3) is 0.750. The molecule has 0 aromatic carbocycles. The Balaban J connectivity index is 2.12. The largest absolute Gasteiger partial charge is 0.353 e. The number of rotatable bonds is 2. The number of amides is 1. The van der Waals surface area contributed by atoms with Gasteiger partial charge in [0.05, 0.1) is 6.61 Å². The SMILES string of the molecule is CNC1C(=O)N2C(C(C)=O)COC12. The zero-order chi connectivity index (χ0) is 9.59. The molecule has 13 heavy (non-hydrogen) atoms. The molecule has 0 aliphatic carbocycles. The Morgan fingerprint density at radius 1 is 1.69 bits per heavy atom. The predicted molar refractivity (Wildman–Crippen MR) is 43.9 cm³/mol. The summed E-state index contributed by atoms with van der Waals surface area (Å²) in [6, 6.07) is -0.619. The fourth-order valence-corrected chi connectivity index (χ4v) is 1.84. The number of hydrogen-bond donors (Lipinski definition) is 1. The summed E-state index contributed by atoms with van der Waals surface area (Å²) in [6.45, 7) is 1.82. The number of hydrogen-bond acceptors (Lipinski definition) is 4. The van der Waals surface area contributed by atoms with Crippen molar-refractivity contribution in [3.05, 3.63) is 0 Å². The van der Waals surface area contributed by atoms with E-state index in [1.807, 2.05) is 0 Å². The second-order valence-corrected chi connectivity index (χ2v) is 3.36. The van der Waals surface area contributed by atoms with E-state index in [4.69, 9.17) is 4.74 Å². The van der Waals surface area contributed by atoms with E-state index in [0.29, 0.717) is 6.61 Å². The Labute approximate surface area is 76.0 Å². The number of carbonyl (C=O) groups is 2. The molecule has 5 heteroatoms. The second kappa shape index (κ2) is 2.78. The predicted octanol–water partition coefficient (Wildman–Crippen LogP) is -1.27. The Bertz CT molecular complexity index is 266. The highest BCUT2D eigenvalue weighted by molar-refractivity contribution is 5.95. The smallest absolute Gasteiger partial charge is 0.247 e. The zero-order valence-corrected chi connectivity index (χ0v) is 7.61. The normalized spacial score (nSPS) is 37.2. The Hall–Kier alpha value is -0.940. The summed E-state index contributed by atoms with van der Waals surface area (Å²) >= 11 is 0. The van der Waals surface area contributed by atoms with E-state index < -0.39 is 0 Å². The molecule has 2 rings (SSSR count). The highest BCUT2D eigenvalue weighted by Crippen LogP contribution is 2.30. The molecule has 2 aliphatic heterocycles. The molecule has 3 unspecified atom stereocenters. The average Bonchev–Trinajstić information content (AvgIpc) is 2.45. The molecule has 0 aromatic rings. The van der Waals surface area contributed by atoms with E-state index in [1.54, 1.807) is 7.05 Å². The van der Waals surface area contributed by atoms with Gasteiger partial charge in [0.1, 0.15) is 12.1 Å². The molecule has 1 N–H and O–H groups in total. The Morgan fingerprint density at radius 3 is 2.92 bits per heavy atom. The van der Waals surface area contributed by atoms with Crippen molar-refractivity contribution in [2.45, 2.75) is 25.2 Å². The highest BCUT2D eigenvalue weighted by Gasteiger charge is 2.55. The van der Waals surface area contributed by atoms with Crippen LogP contribution in [0.5, 0.6) is 0 Å². The molecule has 5 nitrogen and oxygen atoms in total. The first kappa shape index (κ1) is 8.65. The van der Waals surface area contributed by atoms with Gasteiger partial charge in [-0.2, -0.15) is 0 Å². The van der Waals surface area contributed by atoms with E-state index in [1.165, 1.54) is 11.8 Å². The molecule has 0 radical (unpaired) electrons. The number of ketones is 1. The molecule has 72 valence electrons. The van der Waals surface area contributed by atoms with Gasteiger partial charge in [0.2, 0.25) is 5.91 Å². The molecule has 2 saturated heterocycles. The maximum atomic E-state index is 11.4. The molecule has 3 atom stereocenters. The summed E-state index contributed by atoms with van der Waals surface area (Å²) in [5.74, 6) is -0.0457. The summed E-state index contributed by atoms with van der Waals surface area (Å²) < 4.78 is 5.32. The van der Waals surface area contributed by atoms with E-state index >= 15 is 0 Å². The lowest BCUT2D eigenvalue weighted by atomic mass is 10.0. The molecular weight excluding hydrogens is 172 g/mol. The monoisotopic (exact) mass is 184 g/mol. The van der Waals surface area contributed by atoms with Crippen LogP contribution in [0.4, 0.5) is 0 Å². The molecule has 2 heterocycles. The van der Waals surface area contributed by atoms with Crippen LogP contribution >= 0.6 is 0 Å². The number of Topliss-reactive ketones (excluding diaryl/α,β-unsaturated/α-hetero) is 1. The maximum Gasteiger partial charge on any atom is 0.247 e. The van der Waals surface area contributed by atoms with Crippen LogP contribution in [0.3, 0.4) is 0 Å². The van der Waals surface area contributed by atoms with Crippen molar-refractivity contribution in [2.24, 2.45) is 0 Å². The zero-order valence-electron chi connectivity index (χ0n) is 7.61. The number of nitrogens with one attached hydrogen (secondary N) is 1. The minimum Gasteiger partial charge on any atom is -0.353 e. The summed E-state index contributed by atoms with van der Waals surface area (Å²) in [4.78, 5) is 24.0. The third-order valence-corrected chi connectivity index (χ3v) is 2.62. The minimum absolute atomic E-state index is 0.00889. The number of nitrogens with zero attached hydrogens (tertiary/aromatic N) is 1. The van der Waals surface area contributed by atoms with Gasteiger partial charge in [-0.3, -0.25) is 9.59 Å². The fourth-order valence-electron chi connectivity index (χ4n) is 1.84. The molecule has 0 saturated carbocycles. The highest BCUT2D eigenvalue weighted by atomic mass is 16.5. The lowest BCUT2D eigenvalue weighted by molar-refractivity contribution is -0.166. The number of fused-ring (bicyclic) bond motifs is 1. The van der Waals surface area contributed by atoms with Crippen LogP contribution in [-0.4, -0.2) is 48.6 Å². The number of likely N-dealkylation sites (N-methyl/N-ethyl adjacent to an activating group) is 1. The van der Waals surface area contributed by atoms with Crippen molar-refractivity contribution in [1.82, 2.24) is 10.2 Å². The van der Waals surface area contributed by atoms with Gasteiger partial charge in [0, 0.05) is 0 Å². The van der Waals surface area contributed by atoms with Crippen LogP contribution < -0.4 is 5.32 Å². The molecular formula is C8H12N2O3. The topological polar surface area (TPSA) is 58.6 Å². The lowest BCUT2D eigenvalue weighted by Gasteiger charge is -2.42. The number of β-lactam (4-membered cyclic amide) rings is 1. The first-order valence-electron chi connectivity index (χ1n) is 4.28. The summed E-state index contributed by atoms with van der Waals surface area (Å²) in [5, 5.41) is 2.85. The Morgan fingerprint density at radius 2 is 2.38 bits per heavy atom. The van der Waals surface area contributed by atoms with Gasteiger partial charge >= 0.3 is 0 Å². The van der Waals surface area contributed by atoms with Gasteiger partial charge in [0.15, 0.2) is 12.0 Å². The maximum absolute atomic E-state index is 11.4. The van der Waals surface area contributed by atoms with Gasteiger partial charge < -0.3 is 15.0 Å². The van der Waals surface area contributed by atoms with Gasteiger partial charge in [-0.1, -0.05) is 0 Å². The Kier molecular flexibility index (Phi) is 1.85. The van der Waals surface area contributed by atoms with Gasteiger partial charge in [-0.15, -0.1) is 0 Å². The van der Waals surface area contributed by atoms with Crippen molar-refractivity contribution in [2.75, 3.05) is 13.7 Å². The number of ether oxygens (including phenoxy) is 1. The van der Waals surface area contributed by atoms with Crippen LogP contribution in [0.15, 0.2) is 0 Å². The van der Waals surface area contributed by atoms with Crippen LogP contribution in [0.2, 0.25) is 0 Å². The van der Waals surface area contributed by atoms with E-state index in [0.717, 1.165) is 0 Å². The van der Waals surface area contributed by atoms with Crippen molar-refractivity contribution in [3.63, 3.8) is 0 Å². The van der Waals surface area contributed by atoms with E-state index in [2.05, 4.69) is 5.32 Å². The molecule has 0 spiro atoms. The average molecular weight is 184 g/mol. The molecule has 0 bridgehead atoms. The van der Waals surface area contributed by atoms with Gasteiger partial charge in [-0.25, -0.2) is 0 Å². The molecule has 2 fully saturated rings. The van der Waals surface area contributed by atoms with E-state index in [-0.39, 0.29) is 30.0 Å². The van der Waals surface area contributed by atoms with Crippen LogP contribution in [0.1, 0.15) is 6.92 Å². The first-order chi connectivity index (χ1) is 6.16. The van der Waals surface area contributed by atoms with Crippen molar-refractivity contribution < 1.29 is 14.3 Å². The van der Waals surface area contributed by atoms with Crippen LogP contribution in [0, 0.1) is 0 Å². The van der Waals surface area contributed by atoms with Crippen LogP contribution in [-0.2, 0) is 14.3 Å². The quantitative estimate of drug-likeness (QED) is 0.544. The standard InChI is InChI=1S/C8H12N2O3/c1-4(11)5-3-13-8-6(9-2)7(12)10(5)8/h5-6,8-9H,3H2,1-2H3. The van der Waals surface area contributed by atoms with E-state index in [9.17, 15) is 9.59 Å². The van der Waals surface area contributed by atoms with Crippen molar-refractivity contribution in [1.29, 1.82) is 0 Å². The minimum atomic E-state index is -0.359. The van der Waals surface area contributed by atoms with Crippen molar-refractivity contribution in [3.8, 4) is 0 Å². The van der Waals surface area contributed by atoms with Crippen LogP contribution in [0.25, 0.3) is 0 Å². The lowest BCUT2D eigenvalue weighted by Crippen LogP contribution is -2.69. The first-order valence-corrected chi connectivity index (χ1v) is 4.28. The molecule has 2 aliphatic rings. The molecule has 0 aromatic heterocycles. The molecule has 1 amide bonds. The number of carbonyl (C=O) groups excluding carboxylic acids is 2. The summed E-state index contributed by atoms with van der Waals surface area (Å²) in [6.07, 6.45) is -0.230. The summed E-state index contributed by atoms with van der Waals surface area (Å²) in [7, 11) is 1.71. The van der Waals surface area contributed by atoms with Gasteiger partial charge in [-0.05, 0) is 14.0 Å². The third-order valence-electron chi connectivity index (χ3n) is 2.62.